The van der Waals surface area contributed by atoms with Crippen LogP contribution >= 0.6 is 0 Å². The molecule has 4 amide bonds. The summed E-state index contributed by atoms with van der Waals surface area (Å²) in [4.78, 5) is 67.6. The Balaban J connectivity index is 1.11. The smallest absolute Gasteiger partial charge is 0.407 e. The molecule has 0 saturated carbocycles. The number of methoxy groups -OCH3 is 1. The van der Waals surface area contributed by atoms with Gasteiger partial charge in [0.15, 0.2) is 0 Å². The largest absolute Gasteiger partial charge is 0.453 e. The lowest BCUT2D eigenvalue weighted by atomic mass is 10.0. The minimum Gasteiger partial charge on any atom is -0.453 e. The zero-order valence-corrected chi connectivity index (χ0v) is 29.2. The summed E-state index contributed by atoms with van der Waals surface area (Å²) in [6.07, 6.45) is 4.25. The van der Waals surface area contributed by atoms with Crippen LogP contribution in [0.1, 0.15) is 65.2 Å². The second-order valence-corrected chi connectivity index (χ2v) is 13.7. The van der Waals surface area contributed by atoms with Gasteiger partial charge in [0, 0.05) is 24.4 Å². The number of carbonyl (C=O) groups is 4. The van der Waals surface area contributed by atoms with Gasteiger partial charge in [-0.1, -0.05) is 58.0 Å². The molecule has 262 valence electrons. The molecule has 3 atom stereocenters. The SMILES string of the molecule is COC(=O)N[C@H](C(=O)N1CCC[C@H]1C(=O)Nc1ccc2cc(-c3ccc(-c4cnc(C5CCCN5C(=O)C(C)C)[nH]4)cc3)ccc2n1)C(C)C. The highest BCUT2D eigenvalue weighted by molar-refractivity contribution is 5.99. The summed E-state index contributed by atoms with van der Waals surface area (Å²) in [5.74, 6) is 0.555. The van der Waals surface area contributed by atoms with Crippen LogP contribution in [-0.4, -0.2) is 80.8 Å². The minimum atomic E-state index is -0.797. The number of H-pyrrole nitrogens is 1. The summed E-state index contributed by atoms with van der Waals surface area (Å²) < 4.78 is 4.69. The molecule has 4 heterocycles. The normalized spacial score (nSPS) is 18.1. The van der Waals surface area contributed by atoms with E-state index in [1.807, 2.05) is 57.0 Å². The number of nitrogens with zero attached hydrogens (tertiary/aromatic N) is 4. The third kappa shape index (κ3) is 7.19. The number of pyridine rings is 1. The van der Waals surface area contributed by atoms with Gasteiger partial charge in [0.05, 0.1) is 30.6 Å². The van der Waals surface area contributed by atoms with Gasteiger partial charge >= 0.3 is 6.09 Å². The van der Waals surface area contributed by atoms with Crippen molar-refractivity contribution in [2.75, 3.05) is 25.5 Å². The first-order valence-electron chi connectivity index (χ1n) is 17.4. The number of ether oxygens (including phenoxy) is 1. The van der Waals surface area contributed by atoms with Gasteiger partial charge in [-0.3, -0.25) is 14.4 Å². The molecule has 0 spiro atoms. The number of fused-ring (bicyclic) bond motifs is 1. The molecular weight excluding hydrogens is 634 g/mol. The molecule has 3 N–H and O–H groups in total. The monoisotopic (exact) mass is 679 g/mol. The Morgan fingerprint density at radius 2 is 1.56 bits per heavy atom. The maximum absolute atomic E-state index is 13.4. The Hall–Kier alpha value is -5.26. The van der Waals surface area contributed by atoms with E-state index in [9.17, 15) is 19.2 Å². The van der Waals surface area contributed by atoms with Gasteiger partial charge in [-0.25, -0.2) is 14.8 Å². The fourth-order valence-electron chi connectivity index (χ4n) is 6.91. The van der Waals surface area contributed by atoms with Gasteiger partial charge in [0.1, 0.15) is 23.7 Å². The number of aromatic nitrogens is 3. The van der Waals surface area contributed by atoms with Crippen LogP contribution in [0.15, 0.2) is 60.8 Å². The maximum atomic E-state index is 13.4. The fraction of sp³-hybridized carbons (Fsp3) is 0.421. The van der Waals surface area contributed by atoms with Crippen LogP contribution in [0.25, 0.3) is 33.3 Å². The van der Waals surface area contributed by atoms with Crippen molar-refractivity contribution in [1.82, 2.24) is 30.1 Å². The number of hydrogen-bond donors (Lipinski definition) is 3. The average Bonchev–Trinajstić information content (AvgIpc) is 3.91. The second kappa shape index (κ2) is 14.7. The number of imidazole rings is 1. The molecule has 12 heteroatoms. The Morgan fingerprint density at radius 3 is 2.28 bits per heavy atom. The van der Waals surface area contributed by atoms with Crippen molar-refractivity contribution in [3.63, 3.8) is 0 Å². The predicted octanol–water partition coefficient (Wildman–Crippen LogP) is 5.92. The van der Waals surface area contributed by atoms with Crippen molar-refractivity contribution in [2.24, 2.45) is 11.8 Å². The number of hydrogen-bond acceptors (Lipinski definition) is 7. The van der Waals surface area contributed by atoms with Crippen molar-refractivity contribution in [1.29, 1.82) is 0 Å². The molecule has 0 bridgehead atoms. The van der Waals surface area contributed by atoms with Crippen LogP contribution in [0.3, 0.4) is 0 Å². The number of likely N-dealkylation sites (tertiary alicyclic amines) is 2. The molecule has 2 aromatic heterocycles. The summed E-state index contributed by atoms with van der Waals surface area (Å²) >= 11 is 0. The number of amides is 4. The van der Waals surface area contributed by atoms with E-state index in [-0.39, 0.29) is 35.6 Å². The van der Waals surface area contributed by atoms with Crippen LogP contribution in [0.2, 0.25) is 0 Å². The highest BCUT2D eigenvalue weighted by Gasteiger charge is 2.39. The number of benzene rings is 2. The average molecular weight is 680 g/mol. The molecular formula is C38H45N7O5. The van der Waals surface area contributed by atoms with Crippen molar-refractivity contribution in [2.45, 2.75) is 71.5 Å². The molecule has 0 aliphatic carbocycles. The van der Waals surface area contributed by atoms with E-state index in [1.165, 1.54) is 7.11 Å². The van der Waals surface area contributed by atoms with Crippen LogP contribution in [0.4, 0.5) is 10.6 Å². The van der Waals surface area contributed by atoms with Crippen molar-refractivity contribution in [3.8, 4) is 22.4 Å². The second-order valence-electron chi connectivity index (χ2n) is 13.7. The number of rotatable bonds is 9. The van der Waals surface area contributed by atoms with Gasteiger partial charge < -0.3 is 30.2 Å². The molecule has 2 fully saturated rings. The zero-order valence-electron chi connectivity index (χ0n) is 29.2. The Bertz CT molecular complexity index is 1890. The Kier molecular flexibility index (Phi) is 10.2. The summed E-state index contributed by atoms with van der Waals surface area (Å²) in [5, 5.41) is 6.43. The molecule has 1 unspecified atom stereocenters. The van der Waals surface area contributed by atoms with Crippen LogP contribution in [0, 0.1) is 11.8 Å². The number of aromatic amines is 1. The van der Waals surface area contributed by atoms with Crippen LogP contribution in [0.5, 0.6) is 0 Å². The van der Waals surface area contributed by atoms with Gasteiger partial charge in [0.2, 0.25) is 17.7 Å². The third-order valence-electron chi connectivity index (χ3n) is 9.64. The third-order valence-corrected chi connectivity index (χ3v) is 9.64. The first-order chi connectivity index (χ1) is 24.0. The molecule has 2 aliphatic rings. The van der Waals surface area contributed by atoms with Crippen molar-refractivity contribution in [3.05, 3.63) is 66.6 Å². The molecule has 12 nitrogen and oxygen atoms in total. The van der Waals surface area contributed by atoms with Gasteiger partial charge in [-0.15, -0.1) is 0 Å². The van der Waals surface area contributed by atoms with E-state index in [2.05, 4.69) is 55.9 Å². The van der Waals surface area contributed by atoms with Crippen molar-refractivity contribution < 1.29 is 23.9 Å². The lowest BCUT2D eigenvalue weighted by molar-refractivity contribution is -0.139. The van der Waals surface area contributed by atoms with E-state index >= 15 is 0 Å². The van der Waals surface area contributed by atoms with Crippen LogP contribution < -0.4 is 10.6 Å². The lowest BCUT2D eigenvalue weighted by Crippen LogP contribution is -2.54. The molecule has 2 aromatic carbocycles. The maximum Gasteiger partial charge on any atom is 0.407 e. The lowest BCUT2D eigenvalue weighted by Gasteiger charge is -2.30. The van der Waals surface area contributed by atoms with E-state index < -0.39 is 18.2 Å². The molecule has 0 radical (unpaired) electrons. The molecule has 2 aliphatic heterocycles. The predicted molar refractivity (Wildman–Crippen MR) is 191 cm³/mol. The standard InChI is InChI=1S/C38H45N7O5/c1-22(2)33(43-38(49)50-5)37(48)45-19-7-9-31(45)35(46)42-32-17-15-27-20-26(14-16-28(27)40-32)24-10-12-25(13-11-24)29-21-39-34(41-29)30-8-6-18-44(30)36(47)23(3)4/h10-17,20-23,30-31,33H,6-9,18-19H2,1-5H3,(H,39,41)(H,43,49)(H,40,42,46)/t30?,31-,33-/m0/s1. The van der Waals surface area contributed by atoms with E-state index in [4.69, 9.17) is 4.74 Å². The first-order valence-corrected chi connectivity index (χ1v) is 17.4. The first kappa shape index (κ1) is 34.6. The van der Waals surface area contributed by atoms with E-state index in [0.717, 1.165) is 58.5 Å². The highest BCUT2D eigenvalue weighted by atomic mass is 16.5. The Morgan fingerprint density at radius 1 is 0.860 bits per heavy atom. The number of carbonyl (C=O) groups excluding carboxylic acids is 4. The number of anilines is 1. The summed E-state index contributed by atoms with van der Waals surface area (Å²) in [6.45, 7) is 8.74. The number of alkyl carbamates (subject to hydrolysis) is 1. The number of nitrogens with one attached hydrogen (secondary N) is 3. The molecule has 50 heavy (non-hydrogen) atoms. The Labute approximate surface area is 292 Å². The minimum absolute atomic E-state index is 0.0149. The van der Waals surface area contributed by atoms with E-state index in [1.54, 1.807) is 11.0 Å². The molecule has 2 saturated heterocycles. The van der Waals surface area contributed by atoms with Crippen LogP contribution in [-0.2, 0) is 19.1 Å². The van der Waals surface area contributed by atoms with Crippen molar-refractivity contribution >= 4 is 40.5 Å². The molecule has 4 aromatic rings. The topological polar surface area (TPSA) is 150 Å². The van der Waals surface area contributed by atoms with E-state index in [0.29, 0.717) is 25.2 Å². The van der Waals surface area contributed by atoms with Gasteiger partial charge in [0.25, 0.3) is 0 Å². The summed E-state index contributed by atoms with van der Waals surface area (Å²) in [7, 11) is 1.25. The quantitative estimate of drug-likeness (QED) is 0.199. The zero-order chi connectivity index (χ0) is 35.5. The highest BCUT2D eigenvalue weighted by Crippen LogP contribution is 2.33. The van der Waals surface area contributed by atoms with Gasteiger partial charge in [-0.05, 0) is 72.6 Å². The summed E-state index contributed by atoms with van der Waals surface area (Å²) in [6, 6.07) is 16.5. The van der Waals surface area contributed by atoms with Gasteiger partial charge in [-0.2, -0.15) is 0 Å². The fourth-order valence-corrected chi connectivity index (χ4v) is 6.91. The molecule has 6 rings (SSSR count). The summed E-state index contributed by atoms with van der Waals surface area (Å²) in [5.41, 5.74) is 4.73.